The third-order valence-electron chi connectivity index (χ3n) is 5.87. The van der Waals surface area contributed by atoms with Crippen molar-refractivity contribution in [2.45, 2.75) is 12.8 Å². The van der Waals surface area contributed by atoms with Gasteiger partial charge in [-0.25, -0.2) is 0 Å². The van der Waals surface area contributed by atoms with E-state index in [1.807, 2.05) is 43.3 Å². The number of nitrogens with zero attached hydrogens (tertiary/aromatic N) is 1. The maximum atomic E-state index is 12.8. The lowest BCUT2D eigenvalue weighted by Gasteiger charge is -2.25. The second-order valence-corrected chi connectivity index (χ2v) is 8.20. The second-order valence-electron chi connectivity index (χ2n) is 8.20. The van der Waals surface area contributed by atoms with E-state index in [1.165, 1.54) is 0 Å². The molecule has 2 N–H and O–H groups in total. The lowest BCUT2D eigenvalue weighted by atomic mass is 9.97. The normalized spacial score (nSPS) is 15.1. The molecule has 3 aromatic carbocycles. The molecule has 1 saturated heterocycles. The molecular weight excluding hydrogens is 418 g/mol. The highest BCUT2D eigenvalue weighted by Crippen LogP contribution is 2.26. The fourth-order valence-corrected chi connectivity index (χ4v) is 3.84. The first-order chi connectivity index (χ1) is 16.0. The van der Waals surface area contributed by atoms with Crippen molar-refractivity contribution in [3.8, 4) is 5.75 Å². The van der Waals surface area contributed by atoms with Crippen LogP contribution in [0.5, 0.6) is 5.75 Å². The van der Waals surface area contributed by atoms with Crippen molar-refractivity contribution in [2.75, 3.05) is 50.6 Å². The van der Waals surface area contributed by atoms with Crippen molar-refractivity contribution < 1.29 is 19.1 Å². The number of anilines is 2. The van der Waals surface area contributed by atoms with Gasteiger partial charge in [0.15, 0.2) is 0 Å². The summed E-state index contributed by atoms with van der Waals surface area (Å²) in [5, 5.41) is 7.99. The molecule has 1 atom stereocenters. The van der Waals surface area contributed by atoms with Crippen molar-refractivity contribution in [3.63, 3.8) is 0 Å². The van der Waals surface area contributed by atoms with E-state index in [0.29, 0.717) is 31.1 Å². The van der Waals surface area contributed by atoms with Gasteiger partial charge in [-0.15, -0.1) is 0 Å². The van der Waals surface area contributed by atoms with Crippen LogP contribution in [0.2, 0.25) is 0 Å². The SMILES string of the molecule is COc1ccc2cc([C@H](C)C(=O)Nc3ccc(NC(=O)CN4CCOCC4)cc3)ccc2c1. The molecule has 1 aliphatic heterocycles. The maximum absolute atomic E-state index is 12.8. The quantitative estimate of drug-likeness (QED) is 0.575. The van der Waals surface area contributed by atoms with Crippen LogP contribution in [-0.4, -0.2) is 56.7 Å². The number of carbonyl (C=O) groups is 2. The van der Waals surface area contributed by atoms with E-state index in [4.69, 9.17) is 9.47 Å². The van der Waals surface area contributed by atoms with Gasteiger partial charge in [0.25, 0.3) is 0 Å². The van der Waals surface area contributed by atoms with Gasteiger partial charge in [0.05, 0.1) is 32.8 Å². The first kappa shape index (κ1) is 22.8. The van der Waals surface area contributed by atoms with E-state index >= 15 is 0 Å². The Kier molecular flexibility index (Phi) is 7.22. The predicted molar refractivity (Wildman–Crippen MR) is 130 cm³/mol. The average molecular weight is 448 g/mol. The minimum Gasteiger partial charge on any atom is -0.497 e. The highest BCUT2D eigenvalue weighted by molar-refractivity contribution is 5.97. The maximum Gasteiger partial charge on any atom is 0.238 e. The van der Waals surface area contributed by atoms with Crippen LogP contribution >= 0.6 is 0 Å². The summed E-state index contributed by atoms with van der Waals surface area (Å²) in [6.45, 7) is 5.09. The number of benzene rings is 3. The van der Waals surface area contributed by atoms with E-state index in [-0.39, 0.29) is 17.7 Å². The lowest BCUT2D eigenvalue weighted by Crippen LogP contribution is -2.41. The Balaban J connectivity index is 1.34. The van der Waals surface area contributed by atoms with Gasteiger partial charge >= 0.3 is 0 Å². The van der Waals surface area contributed by atoms with E-state index < -0.39 is 0 Å². The summed E-state index contributed by atoms with van der Waals surface area (Å²) in [7, 11) is 1.65. The molecule has 33 heavy (non-hydrogen) atoms. The van der Waals surface area contributed by atoms with Crippen molar-refractivity contribution in [2.24, 2.45) is 0 Å². The largest absolute Gasteiger partial charge is 0.497 e. The van der Waals surface area contributed by atoms with Gasteiger partial charge < -0.3 is 20.1 Å². The molecule has 4 rings (SSSR count). The van der Waals surface area contributed by atoms with E-state index in [9.17, 15) is 9.59 Å². The molecule has 1 heterocycles. The van der Waals surface area contributed by atoms with Crippen LogP contribution in [0.3, 0.4) is 0 Å². The molecule has 1 aliphatic rings. The van der Waals surface area contributed by atoms with Crippen molar-refractivity contribution >= 4 is 34.0 Å². The summed E-state index contributed by atoms with van der Waals surface area (Å²) in [6.07, 6.45) is 0. The fourth-order valence-electron chi connectivity index (χ4n) is 3.84. The molecule has 0 radical (unpaired) electrons. The minimum atomic E-state index is -0.315. The highest BCUT2D eigenvalue weighted by atomic mass is 16.5. The molecule has 7 heteroatoms. The molecular formula is C26H29N3O4. The number of carbonyl (C=O) groups excluding carboxylic acids is 2. The Morgan fingerprint density at radius 3 is 2.27 bits per heavy atom. The van der Waals surface area contributed by atoms with Crippen molar-refractivity contribution in [3.05, 3.63) is 66.2 Å². The molecule has 172 valence electrons. The molecule has 1 fully saturated rings. The predicted octanol–water partition coefficient (Wildman–Crippen LogP) is 3.86. The van der Waals surface area contributed by atoms with Crippen LogP contribution in [-0.2, 0) is 14.3 Å². The summed E-state index contributed by atoms with van der Waals surface area (Å²) >= 11 is 0. The molecule has 0 aliphatic carbocycles. The zero-order chi connectivity index (χ0) is 23.2. The molecule has 3 aromatic rings. The number of methoxy groups -OCH3 is 1. The number of ether oxygens (including phenoxy) is 2. The van der Waals surface area contributed by atoms with Crippen LogP contribution in [0.4, 0.5) is 11.4 Å². The smallest absolute Gasteiger partial charge is 0.238 e. The molecule has 2 amide bonds. The monoisotopic (exact) mass is 447 g/mol. The Labute approximate surface area is 193 Å². The Morgan fingerprint density at radius 2 is 1.58 bits per heavy atom. The minimum absolute atomic E-state index is 0.0590. The van der Waals surface area contributed by atoms with Gasteiger partial charge in [-0.3, -0.25) is 14.5 Å². The topological polar surface area (TPSA) is 79.9 Å². The zero-order valence-corrected chi connectivity index (χ0v) is 19.0. The number of fused-ring (bicyclic) bond motifs is 1. The Hall–Kier alpha value is -3.42. The molecule has 7 nitrogen and oxygen atoms in total. The average Bonchev–Trinajstić information content (AvgIpc) is 2.84. The summed E-state index contributed by atoms with van der Waals surface area (Å²) in [5.41, 5.74) is 2.32. The first-order valence-corrected chi connectivity index (χ1v) is 11.1. The number of nitrogens with one attached hydrogen (secondary N) is 2. The van der Waals surface area contributed by atoms with Crippen LogP contribution in [0, 0.1) is 0 Å². The number of rotatable bonds is 7. The van der Waals surface area contributed by atoms with Gasteiger partial charge in [0.2, 0.25) is 11.8 Å². The highest BCUT2D eigenvalue weighted by Gasteiger charge is 2.17. The second kappa shape index (κ2) is 10.5. The summed E-state index contributed by atoms with van der Waals surface area (Å²) in [5.74, 6) is 0.342. The third kappa shape index (κ3) is 5.88. The van der Waals surface area contributed by atoms with Gasteiger partial charge in [-0.2, -0.15) is 0 Å². The summed E-state index contributed by atoms with van der Waals surface area (Å²) < 4.78 is 10.6. The van der Waals surface area contributed by atoms with Crippen LogP contribution in [0.15, 0.2) is 60.7 Å². The number of morpholine rings is 1. The third-order valence-corrected chi connectivity index (χ3v) is 5.87. The molecule has 0 spiro atoms. The van der Waals surface area contributed by atoms with E-state index in [2.05, 4.69) is 15.5 Å². The van der Waals surface area contributed by atoms with E-state index in [0.717, 1.165) is 35.2 Å². The fraction of sp³-hybridized carbons (Fsp3) is 0.308. The summed E-state index contributed by atoms with van der Waals surface area (Å²) in [6, 6.07) is 19.1. The van der Waals surface area contributed by atoms with Gasteiger partial charge in [0.1, 0.15) is 5.75 Å². The zero-order valence-electron chi connectivity index (χ0n) is 19.0. The van der Waals surface area contributed by atoms with Crippen LogP contribution in [0.1, 0.15) is 18.4 Å². The number of amides is 2. The van der Waals surface area contributed by atoms with Gasteiger partial charge in [0, 0.05) is 24.5 Å². The Bertz CT molecular complexity index is 1120. The lowest BCUT2D eigenvalue weighted by molar-refractivity contribution is -0.118. The Morgan fingerprint density at radius 1 is 0.939 bits per heavy atom. The molecule has 0 bridgehead atoms. The molecule has 0 unspecified atom stereocenters. The van der Waals surface area contributed by atoms with Crippen LogP contribution in [0.25, 0.3) is 10.8 Å². The number of hydrogen-bond acceptors (Lipinski definition) is 5. The number of hydrogen-bond donors (Lipinski definition) is 2. The van der Waals surface area contributed by atoms with Crippen LogP contribution < -0.4 is 15.4 Å². The summed E-state index contributed by atoms with van der Waals surface area (Å²) in [4.78, 5) is 27.1. The first-order valence-electron chi connectivity index (χ1n) is 11.1. The standard InChI is InChI=1S/C26H29N3O4/c1-18(19-3-4-21-16-24(32-2)10-5-20(21)15-19)26(31)28-23-8-6-22(7-9-23)27-25(30)17-29-11-13-33-14-12-29/h3-10,15-16,18H,11-14,17H2,1-2H3,(H,27,30)(H,28,31)/t18-/m0/s1. The van der Waals surface area contributed by atoms with Gasteiger partial charge in [-0.1, -0.05) is 24.3 Å². The van der Waals surface area contributed by atoms with E-state index in [1.54, 1.807) is 31.4 Å². The van der Waals surface area contributed by atoms with Crippen molar-refractivity contribution in [1.29, 1.82) is 0 Å². The molecule has 0 aromatic heterocycles. The van der Waals surface area contributed by atoms with Gasteiger partial charge in [-0.05, 0) is 59.7 Å². The van der Waals surface area contributed by atoms with Crippen molar-refractivity contribution in [1.82, 2.24) is 4.90 Å². The molecule has 0 saturated carbocycles.